The van der Waals surface area contributed by atoms with Gasteiger partial charge in [0.05, 0.1) is 7.11 Å². The Hall–Kier alpha value is -2.42. The molecule has 0 aliphatic carbocycles. The number of methoxy groups -OCH3 is 1. The topological polar surface area (TPSA) is 90.3 Å². The summed E-state index contributed by atoms with van der Waals surface area (Å²) < 4.78 is 6.36. The molecule has 0 bridgehead atoms. The minimum atomic E-state index is -1.82. The maximum Gasteiger partial charge on any atom is 0.414 e. The van der Waals surface area contributed by atoms with Crippen molar-refractivity contribution in [2.24, 2.45) is 0 Å². The molecule has 156 valence electrons. The quantitative estimate of drug-likeness (QED) is 0.657. The van der Waals surface area contributed by atoms with Crippen LogP contribution in [0.4, 0.5) is 0 Å². The number of piperazine rings is 1. The van der Waals surface area contributed by atoms with E-state index in [0.717, 1.165) is 49.5 Å². The summed E-state index contributed by atoms with van der Waals surface area (Å²) in [5, 5.41) is 14.8. The molecule has 2 aromatic rings. The van der Waals surface area contributed by atoms with Crippen molar-refractivity contribution in [2.45, 2.75) is 13.1 Å². The van der Waals surface area contributed by atoms with E-state index in [9.17, 15) is 0 Å². The monoisotopic (exact) mass is 464 g/mol. The summed E-state index contributed by atoms with van der Waals surface area (Å²) in [5.41, 5.74) is 2.74. The van der Waals surface area contributed by atoms with E-state index in [1.165, 1.54) is 11.1 Å². The lowest BCUT2D eigenvalue weighted by atomic mass is 10.1. The number of nitrogens with zero attached hydrogens (tertiary/aromatic N) is 2. The molecule has 0 radical (unpaired) electrons. The molecule has 0 unspecified atom stereocenters. The van der Waals surface area contributed by atoms with E-state index in [0.29, 0.717) is 0 Å². The van der Waals surface area contributed by atoms with Crippen LogP contribution in [-0.4, -0.2) is 65.2 Å². The second-order valence-corrected chi connectivity index (χ2v) is 7.55. The fourth-order valence-electron chi connectivity index (χ4n) is 2.94. The predicted molar refractivity (Wildman–Crippen MR) is 113 cm³/mol. The highest BCUT2D eigenvalue weighted by molar-refractivity contribution is 9.10. The van der Waals surface area contributed by atoms with Gasteiger partial charge in [0.25, 0.3) is 0 Å². The number of carboxylic acids is 2. The number of carboxylic acid groups (broad SMARTS) is 2. The first-order valence-corrected chi connectivity index (χ1v) is 9.95. The highest BCUT2D eigenvalue weighted by Crippen LogP contribution is 2.16. The molecule has 1 heterocycles. The zero-order chi connectivity index (χ0) is 21.2. The van der Waals surface area contributed by atoms with E-state index < -0.39 is 11.9 Å². The van der Waals surface area contributed by atoms with Crippen molar-refractivity contribution in [1.82, 2.24) is 9.80 Å². The zero-order valence-electron chi connectivity index (χ0n) is 16.3. The normalized spacial score (nSPS) is 14.6. The fourth-order valence-corrected chi connectivity index (χ4v) is 3.21. The second kappa shape index (κ2) is 11.5. The smallest absolute Gasteiger partial charge is 0.414 e. The second-order valence-electron chi connectivity index (χ2n) is 6.64. The number of aliphatic carboxylic acids is 2. The first kappa shape index (κ1) is 22.9. The summed E-state index contributed by atoms with van der Waals surface area (Å²) >= 11 is 3.49. The first-order chi connectivity index (χ1) is 13.9. The van der Waals surface area contributed by atoms with Gasteiger partial charge in [0.2, 0.25) is 0 Å². The molecule has 1 saturated heterocycles. The fraction of sp³-hybridized carbons (Fsp3) is 0.333. The lowest BCUT2D eigenvalue weighted by Gasteiger charge is -2.34. The Labute approximate surface area is 178 Å². The number of hydrogen-bond acceptors (Lipinski definition) is 5. The molecule has 8 heteroatoms. The van der Waals surface area contributed by atoms with Crippen LogP contribution in [-0.2, 0) is 22.7 Å². The Morgan fingerprint density at radius 1 is 0.828 bits per heavy atom. The third-order valence-electron chi connectivity index (χ3n) is 4.53. The summed E-state index contributed by atoms with van der Waals surface area (Å²) in [7, 11) is 1.71. The molecular weight excluding hydrogens is 440 g/mol. The molecule has 0 atom stereocenters. The number of ether oxygens (including phenoxy) is 1. The van der Waals surface area contributed by atoms with Crippen LogP contribution in [0.3, 0.4) is 0 Å². The van der Waals surface area contributed by atoms with Gasteiger partial charge in [0.1, 0.15) is 5.75 Å². The number of benzene rings is 2. The van der Waals surface area contributed by atoms with Crippen LogP contribution < -0.4 is 4.74 Å². The minimum absolute atomic E-state index is 0.924. The molecule has 2 aromatic carbocycles. The van der Waals surface area contributed by atoms with Crippen LogP contribution in [0.5, 0.6) is 5.75 Å². The largest absolute Gasteiger partial charge is 0.497 e. The van der Waals surface area contributed by atoms with Crippen molar-refractivity contribution in [3.05, 3.63) is 64.1 Å². The average molecular weight is 465 g/mol. The van der Waals surface area contributed by atoms with E-state index in [4.69, 9.17) is 24.5 Å². The molecule has 0 saturated carbocycles. The van der Waals surface area contributed by atoms with Crippen LogP contribution in [0.1, 0.15) is 11.1 Å². The van der Waals surface area contributed by atoms with Crippen LogP contribution in [0, 0.1) is 0 Å². The molecule has 0 amide bonds. The van der Waals surface area contributed by atoms with Crippen molar-refractivity contribution < 1.29 is 24.5 Å². The van der Waals surface area contributed by atoms with Gasteiger partial charge in [-0.3, -0.25) is 9.80 Å². The number of carbonyl (C=O) groups is 2. The van der Waals surface area contributed by atoms with Crippen molar-refractivity contribution in [3.63, 3.8) is 0 Å². The van der Waals surface area contributed by atoms with E-state index >= 15 is 0 Å². The average Bonchev–Trinajstić information content (AvgIpc) is 2.72. The van der Waals surface area contributed by atoms with Gasteiger partial charge >= 0.3 is 11.9 Å². The molecule has 0 aromatic heterocycles. The molecule has 0 spiro atoms. The van der Waals surface area contributed by atoms with E-state index in [1.807, 2.05) is 12.1 Å². The summed E-state index contributed by atoms with van der Waals surface area (Å²) in [6.07, 6.45) is 0. The zero-order valence-corrected chi connectivity index (χ0v) is 17.8. The lowest BCUT2D eigenvalue weighted by Crippen LogP contribution is -2.45. The minimum Gasteiger partial charge on any atom is -0.497 e. The van der Waals surface area contributed by atoms with Crippen LogP contribution in [0.2, 0.25) is 0 Å². The Bertz CT molecular complexity index is 776. The van der Waals surface area contributed by atoms with Crippen molar-refractivity contribution in [3.8, 4) is 5.75 Å². The van der Waals surface area contributed by atoms with Gasteiger partial charge in [0, 0.05) is 43.7 Å². The number of hydrogen-bond donors (Lipinski definition) is 2. The molecule has 2 N–H and O–H groups in total. The van der Waals surface area contributed by atoms with Crippen molar-refractivity contribution in [2.75, 3.05) is 33.3 Å². The SMILES string of the molecule is COc1ccc(CN2CCN(Cc3ccc(Br)cc3)CC2)cc1.O=C(O)C(=O)O. The standard InChI is InChI=1S/C19H23BrN2O.C2H2O4/c1-23-19-8-4-17(5-9-19)15-22-12-10-21(11-13-22)14-16-2-6-18(20)7-3-16;3-1(4)2(5)6/h2-9H,10-15H2,1H3;(H,3,4)(H,5,6). The third kappa shape index (κ3) is 8.23. The van der Waals surface area contributed by atoms with Gasteiger partial charge in [0.15, 0.2) is 0 Å². The molecule has 29 heavy (non-hydrogen) atoms. The maximum atomic E-state index is 9.10. The lowest BCUT2D eigenvalue weighted by molar-refractivity contribution is -0.159. The maximum absolute atomic E-state index is 9.10. The van der Waals surface area contributed by atoms with Crippen LogP contribution >= 0.6 is 15.9 Å². The predicted octanol–water partition coefficient (Wildman–Crippen LogP) is 2.93. The Morgan fingerprint density at radius 3 is 1.55 bits per heavy atom. The summed E-state index contributed by atoms with van der Waals surface area (Å²) in [6, 6.07) is 17.0. The highest BCUT2D eigenvalue weighted by atomic mass is 79.9. The number of rotatable bonds is 5. The summed E-state index contributed by atoms with van der Waals surface area (Å²) in [4.78, 5) is 23.3. The van der Waals surface area contributed by atoms with Crippen molar-refractivity contribution >= 4 is 27.9 Å². The van der Waals surface area contributed by atoms with Gasteiger partial charge in [-0.2, -0.15) is 0 Å². The molecule has 7 nitrogen and oxygen atoms in total. The van der Waals surface area contributed by atoms with Gasteiger partial charge in [-0.05, 0) is 35.4 Å². The summed E-state index contributed by atoms with van der Waals surface area (Å²) in [6.45, 7) is 6.59. The molecule has 1 aliphatic rings. The molecule has 1 fully saturated rings. The first-order valence-electron chi connectivity index (χ1n) is 9.15. The van der Waals surface area contributed by atoms with Gasteiger partial charge < -0.3 is 14.9 Å². The number of halogens is 1. The third-order valence-corrected chi connectivity index (χ3v) is 5.06. The van der Waals surface area contributed by atoms with Gasteiger partial charge in [-0.15, -0.1) is 0 Å². The van der Waals surface area contributed by atoms with E-state index in [2.05, 4.69) is 62.1 Å². The molecule has 1 aliphatic heterocycles. The van der Waals surface area contributed by atoms with Crippen molar-refractivity contribution in [1.29, 1.82) is 0 Å². The summed E-state index contributed by atoms with van der Waals surface area (Å²) in [5.74, 6) is -2.72. The van der Waals surface area contributed by atoms with Crippen LogP contribution in [0.15, 0.2) is 53.0 Å². The Balaban J connectivity index is 0.000000438. The van der Waals surface area contributed by atoms with E-state index in [1.54, 1.807) is 7.11 Å². The molecular formula is C21H25BrN2O5. The van der Waals surface area contributed by atoms with Gasteiger partial charge in [-0.25, -0.2) is 9.59 Å². The Kier molecular flexibility index (Phi) is 9.11. The van der Waals surface area contributed by atoms with Gasteiger partial charge in [-0.1, -0.05) is 40.2 Å². The highest BCUT2D eigenvalue weighted by Gasteiger charge is 2.17. The van der Waals surface area contributed by atoms with Crippen LogP contribution in [0.25, 0.3) is 0 Å². The van der Waals surface area contributed by atoms with E-state index in [-0.39, 0.29) is 0 Å². The molecule has 3 rings (SSSR count). The Morgan fingerprint density at radius 2 is 1.21 bits per heavy atom.